The van der Waals surface area contributed by atoms with Crippen molar-refractivity contribution < 1.29 is 0 Å². The summed E-state index contributed by atoms with van der Waals surface area (Å²) < 4.78 is 0. The molecule has 0 aliphatic rings. The maximum atomic E-state index is 8.70. The van der Waals surface area contributed by atoms with E-state index in [9.17, 15) is 0 Å². The second-order valence-electron chi connectivity index (χ2n) is 4.92. The van der Waals surface area contributed by atoms with Crippen molar-refractivity contribution >= 4 is 27.8 Å². The van der Waals surface area contributed by atoms with Crippen LogP contribution in [0.15, 0.2) is 24.5 Å². The van der Waals surface area contributed by atoms with Crippen LogP contribution >= 0.6 is 0 Å². The van der Waals surface area contributed by atoms with E-state index in [1.165, 1.54) is 5.56 Å². The van der Waals surface area contributed by atoms with Crippen molar-refractivity contribution in [2.24, 2.45) is 0 Å². The lowest BCUT2D eigenvalue weighted by Gasteiger charge is -2.16. The number of aryl methyl sites for hydroxylation is 1. The van der Waals surface area contributed by atoms with Crippen LogP contribution in [0.1, 0.15) is 12.0 Å². The third kappa shape index (κ3) is 1.95. The molecular formula is C15H15N5. The van der Waals surface area contributed by atoms with Gasteiger partial charge < -0.3 is 9.88 Å². The minimum atomic E-state index is 0.474. The summed E-state index contributed by atoms with van der Waals surface area (Å²) >= 11 is 0. The van der Waals surface area contributed by atoms with Crippen molar-refractivity contribution in [2.45, 2.75) is 13.3 Å². The van der Waals surface area contributed by atoms with Gasteiger partial charge in [-0.25, -0.2) is 9.97 Å². The van der Waals surface area contributed by atoms with Crippen molar-refractivity contribution in [2.75, 3.05) is 18.5 Å². The summed E-state index contributed by atoms with van der Waals surface area (Å²) in [6.07, 6.45) is 2.05. The van der Waals surface area contributed by atoms with Gasteiger partial charge >= 0.3 is 0 Å². The number of aromatic amines is 1. The smallest absolute Gasteiger partial charge is 0.156 e. The van der Waals surface area contributed by atoms with Crippen molar-refractivity contribution in [3.63, 3.8) is 0 Å². The van der Waals surface area contributed by atoms with Crippen LogP contribution in [-0.4, -0.2) is 28.5 Å². The number of rotatable bonds is 3. The Morgan fingerprint density at radius 2 is 2.20 bits per heavy atom. The highest BCUT2D eigenvalue weighted by molar-refractivity contribution is 6.08. The van der Waals surface area contributed by atoms with E-state index in [4.69, 9.17) is 5.26 Å². The molecule has 0 saturated heterocycles. The highest BCUT2D eigenvalue weighted by Crippen LogP contribution is 2.29. The first-order valence-electron chi connectivity index (χ1n) is 6.52. The van der Waals surface area contributed by atoms with Gasteiger partial charge in [-0.1, -0.05) is 11.6 Å². The van der Waals surface area contributed by atoms with Gasteiger partial charge in [0.2, 0.25) is 0 Å². The van der Waals surface area contributed by atoms with E-state index in [0.29, 0.717) is 13.0 Å². The molecular weight excluding hydrogens is 250 g/mol. The normalized spacial score (nSPS) is 10.8. The molecule has 0 fully saturated rings. The highest BCUT2D eigenvalue weighted by atomic mass is 15.2. The molecule has 100 valence electrons. The molecule has 5 heteroatoms. The number of nitrogens with one attached hydrogen (secondary N) is 1. The molecule has 1 N–H and O–H groups in total. The fraction of sp³-hybridized carbons (Fsp3) is 0.267. The number of nitrogens with zero attached hydrogens (tertiary/aromatic N) is 4. The molecule has 0 aliphatic carbocycles. The minimum Gasteiger partial charge on any atom is -0.357 e. The Balaban J connectivity index is 2.19. The minimum absolute atomic E-state index is 0.474. The van der Waals surface area contributed by atoms with E-state index >= 15 is 0 Å². The molecule has 0 bridgehead atoms. The van der Waals surface area contributed by atoms with Crippen LogP contribution in [0.5, 0.6) is 0 Å². The summed E-state index contributed by atoms with van der Waals surface area (Å²) in [6, 6.07) is 8.41. The Bertz CT molecular complexity index is 812. The van der Waals surface area contributed by atoms with Gasteiger partial charge in [-0.05, 0) is 19.1 Å². The van der Waals surface area contributed by atoms with Crippen LogP contribution in [0, 0.1) is 18.3 Å². The lowest BCUT2D eigenvalue weighted by atomic mass is 10.1. The zero-order valence-electron chi connectivity index (χ0n) is 11.5. The Morgan fingerprint density at radius 1 is 1.35 bits per heavy atom. The summed E-state index contributed by atoms with van der Waals surface area (Å²) in [6.45, 7) is 2.72. The highest BCUT2D eigenvalue weighted by Gasteiger charge is 2.13. The number of aromatic nitrogens is 3. The Morgan fingerprint density at radius 3 is 3.00 bits per heavy atom. The second-order valence-corrected chi connectivity index (χ2v) is 4.92. The summed E-state index contributed by atoms with van der Waals surface area (Å²) in [5.41, 5.74) is 4.11. The van der Waals surface area contributed by atoms with Crippen LogP contribution in [0.4, 0.5) is 5.82 Å². The molecule has 3 rings (SSSR count). The fourth-order valence-electron chi connectivity index (χ4n) is 2.41. The lowest BCUT2D eigenvalue weighted by molar-refractivity contribution is 0.885. The van der Waals surface area contributed by atoms with Gasteiger partial charge in [-0.3, -0.25) is 0 Å². The predicted octanol–water partition coefficient (Wildman–Crippen LogP) is 2.77. The second kappa shape index (κ2) is 4.82. The molecule has 0 spiro atoms. The molecule has 5 nitrogen and oxygen atoms in total. The SMILES string of the molecule is Cc1ccc2[nH]c3c(N(C)CCC#N)ncnc3c2c1. The van der Waals surface area contributed by atoms with Gasteiger partial charge in [0.25, 0.3) is 0 Å². The maximum Gasteiger partial charge on any atom is 0.156 e. The standard InChI is InChI=1S/C15H15N5/c1-10-4-5-12-11(8-10)13-14(19-12)15(18-9-17-13)20(2)7-3-6-16/h4-5,8-9,19H,3,7H2,1-2H3. The van der Waals surface area contributed by atoms with Crippen molar-refractivity contribution in [3.05, 3.63) is 30.1 Å². The van der Waals surface area contributed by atoms with Gasteiger partial charge in [0.1, 0.15) is 17.4 Å². The van der Waals surface area contributed by atoms with E-state index in [-0.39, 0.29) is 0 Å². The molecule has 3 aromatic rings. The van der Waals surface area contributed by atoms with Crippen molar-refractivity contribution in [1.29, 1.82) is 5.26 Å². The zero-order chi connectivity index (χ0) is 14.1. The number of hydrogen-bond acceptors (Lipinski definition) is 4. The van der Waals surface area contributed by atoms with Crippen molar-refractivity contribution in [3.8, 4) is 6.07 Å². The topological polar surface area (TPSA) is 68.6 Å². The predicted molar refractivity (Wildman–Crippen MR) is 79.6 cm³/mol. The average Bonchev–Trinajstić information content (AvgIpc) is 2.82. The molecule has 0 amide bonds. The van der Waals surface area contributed by atoms with Crippen molar-refractivity contribution in [1.82, 2.24) is 15.0 Å². The molecule has 2 aromatic heterocycles. The molecule has 0 saturated carbocycles. The van der Waals surface area contributed by atoms with Gasteiger partial charge in [-0.15, -0.1) is 0 Å². The Labute approximate surface area is 116 Å². The first-order valence-corrected chi connectivity index (χ1v) is 6.52. The number of hydrogen-bond donors (Lipinski definition) is 1. The first-order chi connectivity index (χ1) is 9.70. The van der Waals surface area contributed by atoms with Gasteiger partial charge in [0, 0.05) is 24.5 Å². The lowest BCUT2D eigenvalue weighted by Crippen LogP contribution is -2.19. The molecule has 2 heterocycles. The molecule has 1 aromatic carbocycles. The number of fused-ring (bicyclic) bond motifs is 3. The molecule has 0 radical (unpaired) electrons. The van der Waals surface area contributed by atoms with Crippen LogP contribution in [0.2, 0.25) is 0 Å². The largest absolute Gasteiger partial charge is 0.357 e. The Kier molecular flexibility index (Phi) is 2.99. The average molecular weight is 265 g/mol. The third-order valence-corrected chi connectivity index (χ3v) is 3.44. The molecule has 0 atom stereocenters. The van der Waals surface area contributed by atoms with Gasteiger partial charge in [0.05, 0.1) is 12.5 Å². The van der Waals surface area contributed by atoms with E-state index in [1.54, 1.807) is 6.33 Å². The summed E-state index contributed by atoms with van der Waals surface area (Å²) in [5.74, 6) is 0.833. The number of H-pyrrole nitrogens is 1. The van der Waals surface area contributed by atoms with Crippen LogP contribution < -0.4 is 4.90 Å². The van der Waals surface area contributed by atoms with Gasteiger partial charge in [0.15, 0.2) is 5.82 Å². The molecule has 0 aliphatic heterocycles. The number of anilines is 1. The fourth-order valence-corrected chi connectivity index (χ4v) is 2.41. The van der Waals surface area contributed by atoms with Crippen LogP contribution in [0.3, 0.4) is 0 Å². The van der Waals surface area contributed by atoms with E-state index in [2.05, 4.69) is 46.1 Å². The first kappa shape index (κ1) is 12.4. The summed E-state index contributed by atoms with van der Waals surface area (Å²) in [7, 11) is 1.94. The molecule has 0 unspecified atom stereocenters. The number of benzene rings is 1. The maximum absolute atomic E-state index is 8.70. The third-order valence-electron chi connectivity index (χ3n) is 3.44. The quantitative estimate of drug-likeness (QED) is 0.790. The van der Waals surface area contributed by atoms with Crippen LogP contribution in [0.25, 0.3) is 21.9 Å². The van der Waals surface area contributed by atoms with Gasteiger partial charge in [-0.2, -0.15) is 5.26 Å². The van der Waals surface area contributed by atoms with E-state index in [0.717, 1.165) is 27.8 Å². The number of nitriles is 1. The Hall–Kier alpha value is -2.61. The zero-order valence-corrected chi connectivity index (χ0v) is 11.5. The molecule has 20 heavy (non-hydrogen) atoms. The summed E-state index contributed by atoms with van der Waals surface area (Å²) in [5, 5.41) is 9.81. The van der Waals surface area contributed by atoms with Crippen LogP contribution in [-0.2, 0) is 0 Å². The monoisotopic (exact) mass is 265 g/mol. The van der Waals surface area contributed by atoms with E-state index in [1.807, 2.05) is 11.9 Å². The summed E-state index contributed by atoms with van der Waals surface area (Å²) in [4.78, 5) is 14.1. The van der Waals surface area contributed by atoms with E-state index < -0.39 is 0 Å².